The molecule has 0 unspecified atom stereocenters. The van der Waals surface area contributed by atoms with E-state index in [0.717, 1.165) is 22.2 Å². The van der Waals surface area contributed by atoms with Crippen LogP contribution in [0.15, 0.2) is 40.9 Å². The Bertz CT molecular complexity index is 1060. The summed E-state index contributed by atoms with van der Waals surface area (Å²) in [5.41, 5.74) is 3.93. The number of allylic oxidation sites excluding steroid dienone is 1. The summed E-state index contributed by atoms with van der Waals surface area (Å²) in [6, 6.07) is 13.2. The first kappa shape index (κ1) is 17.7. The Morgan fingerprint density at radius 3 is 2.88 bits per heavy atom. The lowest BCUT2D eigenvalue weighted by molar-refractivity contribution is -0.139. The number of benzene rings is 2. The number of H-pyrrole nitrogens is 1. The van der Waals surface area contributed by atoms with Crippen LogP contribution in [0.2, 0.25) is 0 Å². The molecule has 3 aromatic rings. The minimum atomic E-state index is -1.05. The number of aliphatic carboxylic acids is 1. The van der Waals surface area contributed by atoms with Gasteiger partial charge in [-0.15, -0.1) is 0 Å². The van der Waals surface area contributed by atoms with Crippen LogP contribution in [0.4, 0.5) is 0 Å². The Morgan fingerprint density at radius 2 is 2.19 bits per heavy atom. The van der Waals surface area contributed by atoms with E-state index >= 15 is 0 Å². The number of rotatable bonds is 5. The van der Waals surface area contributed by atoms with Crippen LogP contribution in [-0.4, -0.2) is 27.7 Å². The van der Waals surface area contributed by atoms with Crippen molar-refractivity contribution in [3.63, 3.8) is 0 Å². The van der Waals surface area contributed by atoms with Crippen molar-refractivity contribution >= 4 is 44.6 Å². The summed E-state index contributed by atoms with van der Waals surface area (Å²) in [6.45, 7) is 1.57. The Balaban J connectivity index is 1.92. The van der Waals surface area contributed by atoms with Crippen LogP contribution in [0.3, 0.4) is 0 Å². The number of carboxylic acid groups (broad SMARTS) is 1. The van der Waals surface area contributed by atoms with E-state index in [1.54, 1.807) is 24.3 Å². The lowest BCUT2D eigenvalue weighted by atomic mass is 10.1. The number of hydrogen-bond donors (Lipinski definition) is 2. The third-order valence-corrected chi connectivity index (χ3v) is 4.25. The van der Waals surface area contributed by atoms with Crippen molar-refractivity contribution in [1.82, 2.24) is 9.97 Å². The van der Waals surface area contributed by atoms with Crippen LogP contribution >= 0.6 is 15.9 Å². The highest BCUT2D eigenvalue weighted by molar-refractivity contribution is 9.10. The molecule has 2 N–H and O–H groups in total. The molecule has 130 valence electrons. The fourth-order valence-corrected chi connectivity index (χ4v) is 2.95. The summed E-state index contributed by atoms with van der Waals surface area (Å²) in [5, 5.41) is 18.2. The maximum atomic E-state index is 10.6. The van der Waals surface area contributed by atoms with E-state index in [4.69, 9.17) is 9.84 Å². The molecule has 0 radical (unpaired) electrons. The van der Waals surface area contributed by atoms with Gasteiger partial charge < -0.3 is 14.8 Å². The Morgan fingerprint density at radius 1 is 1.38 bits per heavy atom. The molecule has 0 aliphatic rings. The predicted octanol–water partition coefficient (Wildman–Crippen LogP) is 4.16. The summed E-state index contributed by atoms with van der Waals surface area (Å²) in [6.07, 6.45) is 1.70. The first-order valence-electron chi connectivity index (χ1n) is 7.69. The number of aryl methyl sites for hydroxylation is 1. The average molecular weight is 412 g/mol. The zero-order chi connectivity index (χ0) is 18.7. The maximum absolute atomic E-state index is 10.6. The van der Waals surface area contributed by atoms with Crippen LogP contribution in [0.25, 0.3) is 22.7 Å². The van der Waals surface area contributed by atoms with Gasteiger partial charge in [-0.05, 0) is 64.3 Å². The highest BCUT2D eigenvalue weighted by Crippen LogP contribution is 2.28. The molecule has 7 heteroatoms. The highest BCUT2D eigenvalue weighted by Gasteiger charge is 2.09. The van der Waals surface area contributed by atoms with Gasteiger partial charge >= 0.3 is 5.97 Å². The highest BCUT2D eigenvalue weighted by atomic mass is 79.9. The normalized spacial score (nSPS) is 11.3. The molecule has 0 aliphatic heterocycles. The fraction of sp³-hybridized carbons (Fsp3) is 0.105. The van der Waals surface area contributed by atoms with Crippen LogP contribution in [0.1, 0.15) is 17.0 Å². The second-order valence-corrected chi connectivity index (χ2v) is 6.50. The largest absolute Gasteiger partial charge is 0.481 e. The van der Waals surface area contributed by atoms with E-state index in [-0.39, 0.29) is 0 Å². The monoisotopic (exact) mass is 411 g/mol. The van der Waals surface area contributed by atoms with Gasteiger partial charge in [0.25, 0.3) is 0 Å². The summed E-state index contributed by atoms with van der Waals surface area (Å²) in [4.78, 5) is 18.2. The third kappa shape index (κ3) is 3.92. The summed E-state index contributed by atoms with van der Waals surface area (Å²) in [5.74, 6) is -0.134. The molecule has 2 aromatic carbocycles. The van der Waals surface area contributed by atoms with E-state index in [2.05, 4.69) is 32.0 Å². The second kappa shape index (κ2) is 7.42. The van der Waals surface area contributed by atoms with E-state index in [0.29, 0.717) is 21.6 Å². The van der Waals surface area contributed by atoms with Gasteiger partial charge in [-0.1, -0.05) is 12.1 Å². The van der Waals surface area contributed by atoms with Gasteiger partial charge in [-0.3, -0.25) is 0 Å². The first-order chi connectivity index (χ1) is 12.5. The number of aromatic nitrogens is 2. The van der Waals surface area contributed by atoms with Crippen molar-refractivity contribution in [3.8, 4) is 11.8 Å². The molecule has 0 saturated carbocycles. The van der Waals surface area contributed by atoms with Gasteiger partial charge in [-0.2, -0.15) is 5.26 Å². The van der Waals surface area contributed by atoms with Gasteiger partial charge in [0, 0.05) is 0 Å². The number of carbonyl (C=O) groups is 1. The molecule has 3 rings (SSSR count). The molecule has 1 heterocycles. The molecule has 1 aromatic heterocycles. The number of carboxylic acids is 1. The molecule has 0 saturated heterocycles. The topological polar surface area (TPSA) is 99.0 Å². The van der Waals surface area contributed by atoms with Gasteiger partial charge in [-0.25, -0.2) is 9.78 Å². The maximum Gasteiger partial charge on any atom is 0.341 e. The zero-order valence-electron chi connectivity index (χ0n) is 13.8. The van der Waals surface area contributed by atoms with Gasteiger partial charge in [0.2, 0.25) is 0 Å². The summed E-state index contributed by atoms with van der Waals surface area (Å²) >= 11 is 3.35. The lowest BCUT2D eigenvalue weighted by Gasteiger charge is -2.06. The summed E-state index contributed by atoms with van der Waals surface area (Å²) in [7, 11) is 0. The number of aromatic amines is 1. The minimum Gasteiger partial charge on any atom is -0.481 e. The van der Waals surface area contributed by atoms with Crippen molar-refractivity contribution < 1.29 is 14.6 Å². The molecule has 0 aliphatic carbocycles. The molecule has 6 nitrogen and oxygen atoms in total. The van der Waals surface area contributed by atoms with Crippen molar-refractivity contribution in [1.29, 1.82) is 5.26 Å². The Labute approximate surface area is 157 Å². The predicted molar refractivity (Wildman–Crippen MR) is 102 cm³/mol. The first-order valence-corrected chi connectivity index (χ1v) is 8.48. The van der Waals surface area contributed by atoms with Crippen LogP contribution in [-0.2, 0) is 4.79 Å². The number of nitrogens with zero attached hydrogens (tertiary/aromatic N) is 2. The smallest absolute Gasteiger partial charge is 0.341 e. The Kier molecular flexibility index (Phi) is 5.05. The Hall–Kier alpha value is -3.11. The van der Waals surface area contributed by atoms with Crippen molar-refractivity contribution in [3.05, 3.63) is 57.8 Å². The number of halogens is 1. The van der Waals surface area contributed by atoms with E-state index in [9.17, 15) is 10.1 Å². The summed E-state index contributed by atoms with van der Waals surface area (Å²) < 4.78 is 5.77. The number of nitrogens with one attached hydrogen (secondary N) is 1. The number of nitriles is 1. The number of hydrogen-bond acceptors (Lipinski definition) is 4. The number of ether oxygens (including phenoxy) is 1. The van der Waals surface area contributed by atoms with Crippen molar-refractivity contribution in [2.45, 2.75) is 6.92 Å². The molecule has 0 fully saturated rings. The molecular weight excluding hydrogens is 398 g/mol. The molecule has 0 amide bonds. The molecule has 0 atom stereocenters. The van der Waals surface area contributed by atoms with Crippen LogP contribution in [0, 0.1) is 18.3 Å². The standard InChI is InChI=1S/C19H14BrN3O3/c1-11-2-4-15-16(6-11)23-19(22-15)13(9-21)7-12-3-5-17(14(20)8-12)26-10-18(24)25/h2-8H,10H2,1H3,(H,22,23)(H,24,25)/b13-7-. The van der Waals surface area contributed by atoms with E-state index in [1.807, 2.05) is 25.1 Å². The van der Waals surface area contributed by atoms with E-state index in [1.165, 1.54) is 0 Å². The number of fused-ring (bicyclic) bond motifs is 1. The average Bonchev–Trinajstić information content (AvgIpc) is 3.01. The SMILES string of the molecule is Cc1ccc2nc(/C(C#N)=C\c3ccc(OCC(=O)O)c(Br)c3)[nH]c2c1. The van der Waals surface area contributed by atoms with E-state index < -0.39 is 12.6 Å². The van der Waals surface area contributed by atoms with Crippen LogP contribution in [0.5, 0.6) is 5.75 Å². The third-order valence-electron chi connectivity index (χ3n) is 3.63. The number of imidazole rings is 1. The van der Waals surface area contributed by atoms with Crippen LogP contribution < -0.4 is 4.74 Å². The molecular formula is C19H14BrN3O3. The molecule has 0 spiro atoms. The van der Waals surface area contributed by atoms with Gasteiger partial charge in [0.1, 0.15) is 17.6 Å². The molecule has 0 bridgehead atoms. The molecule has 26 heavy (non-hydrogen) atoms. The lowest BCUT2D eigenvalue weighted by Crippen LogP contribution is -2.09. The van der Waals surface area contributed by atoms with Crippen molar-refractivity contribution in [2.75, 3.05) is 6.61 Å². The van der Waals surface area contributed by atoms with Gasteiger partial charge in [0.15, 0.2) is 6.61 Å². The van der Waals surface area contributed by atoms with Gasteiger partial charge in [0.05, 0.1) is 21.1 Å². The fourth-order valence-electron chi connectivity index (χ4n) is 2.43. The second-order valence-electron chi connectivity index (χ2n) is 5.65. The van der Waals surface area contributed by atoms with Crippen molar-refractivity contribution in [2.24, 2.45) is 0 Å². The zero-order valence-corrected chi connectivity index (χ0v) is 15.4. The minimum absolute atomic E-state index is 0.393. The quantitative estimate of drug-likeness (QED) is 0.613.